The molecule has 0 saturated heterocycles. The van der Waals surface area contributed by atoms with Gasteiger partial charge in [-0.3, -0.25) is 4.79 Å². The van der Waals surface area contributed by atoms with E-state index in [0.29, 0.717) is 6.42 Å². The third-order valence-electron chi connectivity index (χ3n) is 3.67. The molecule has 0 aliphatic heterocycles. The van der Waals surface area contributed by atoms with E-state index in [1.165, 1.54) is 11.1 Å². The fourth-order valence-electron chi connectivity index (χ4n) is 2.26. The maximum absolute atomic E-state index is 12.0. The van der Waals surface area contributed by atoms with E-state index in [2.05, 4.69) is 16.6 Å². The number of nitrogens with zero attached hydrogens (tertiary/aromatic N) is 1. The predicted octanol–water partition coefficient (Wildman–Crippen LogP) is 3.69. The van der Waals surface area contributed by atoms with E-state index in [9.17, 15) is 4.79 Å². The first-order valence-electron chi connectivity index (χ1n) is 7.42. The molecule has 1 N–H and O–H groups in total. The molecular weight excluding hydrogens is 272 g/mol. The zero-order chi connectivity index (χ0) is 16.1. The van der Waals surface area contributed by atoms with Gasteiger partial charge in [-0.25, -0.2) is 5.43 Å². The van der Waals surface area contributed by atoms with E-state index in [-0.39, 0.29) is 5.91 Å². The van der Waals surface area contributed by atoms with Gasteiger partial charge in [-0.15, -0.1) is 0 Å². The molecule has 3 heteroatoms. The summed E-state index contributed by atoms with van der Waals surface area (Å²) < 4.78 is 0. The molecule has 0 aliphatic rings. The largest absolute Gasteiger partial charge is 0.273 e. The fraction of sp³-hybridized carbons (Fsp3) is 0.263. The van der Waals surface area contributed by atoms with Gasteiger partial charge in [0.05, 0.1) is 12.1 Å². The van der Waals surface area contributed by atoms with E-state index in [1.807, 2.05) is 64.1 Å². The number of benzene rings is 2. The second kappa shape index (κ2) is 7.03. The number of carbonyl (C=O) groups excluding carboxylic acids is 1. The third kappa shape index (κ3) is 4.29. The van der Waals surface area contributed by atoms with Crippen LogP contribution in [-0.2, 0) is 11.2 Å². The lowest BCUT2D eigenvalue weighted by atomic mass is 10.0. The van der Waals surface area contributed by atoms with Gasteiger partial charge >= 0.3 is 0 Å². The van der Waals surface area contributed by atoms with Crippen molar-refractivity contribution in [1.82, 2.24) is 5.43 Å². The molecule has 22 heavy (non-hydrogen) atoms. The summed E-state index contributed by atoms with van der Waals surface area (Å²) in [4.78, 5) is 12.0. The van der Waals surface area contributed by atoms with E-state index >= 15 is 0 Å². The summed E-state index contributed by atoms with van der Waals surface area (Å²) in [6.45, 7) is 8.01. The minimum Gasteiger partial charge on any atom is -0.273 e. The van der Waals surface area contributed by atoms with Crippen LogP contribution in [0.25, 0.3) is 0 Å². The Kier molecular flexibility index (Phi) is 5.10. The Morgan fingerprint density at radius 1 is 1.00 bits per heavy atom. The van der Waals surface area contributed by atoms with Crippen LogP contribution in [0, 0.1) is 20.8 Å². The average molecular weight is 294 g/mol. The van der Waals surface area contributed by atoms with Gasteiger partial charge in [0.15, 0.2) is 0 Å². The molecule has 0 fully saturated rings. The van der Waals surface area contributed by atoms with Crippen molar-refractivity contribution in [3.05, 3.63) is 70.3 Å². The van der Waals surface area contributed by atoms with E-state index in [4.69, 9.17) is 0 Å². The van der Waals surface area contributed by atoms with Crippen LogP contribution >= 0.6 is 0 Å². The smallest absolute Gasteiger partial charge is 0.244 e. The van der Waals surface area contributed by atoms with Gasteiger partial charge in [-0.1, -0.05) is 53.6 Å². The summed E-state index contributed by atoms with van der Waals surface area (Å²) in [6.07, 6.45) is 0.344. The minimum absolute atomic E-state index is 0.0987. The van der Waals surface area contributed by atoms with Crippen molar-refractivity contribution in [3.63, 3.8) is 0 Å². The van der Waals surface area contributed by atoms with Gasteiger partial charge in [0.2, 0.25) is 5.91 Å². The van der Waals surface area contributed by atoms with Gasteiger partial charge in [0.25, 0.3) is 0 Å². The van der Waals surface area contributed by atoms with Crippen LogP contribution in [0.1, 0.15) is 34.7 Å². The topological polar surface area (TPSA) is 41.5 Å². The molecule has 0 aromatic heterocycles. The molecule has 0 spiro atoms. The van der Waals surface area contributed by atoms with Crippen LogP contribution in [-0.4, -0.2) is 11.6 Å². The number of hydrazone groups is 1. The van der Waals surface area contributed by atoms with Crippen LogP contribution in [0.4, 0.5) is 0 Å². The summed E-state index contributed by atoms with van der Waals surface area (Å²) >= 11 is 0. The van der Waals surface area contributed by atoms with Crippen molar-refractivity contribution in [2.45, 2.75) is 34.1 Å². The van der Waals surface area contributed by atoms with Crippen molar-refractivity contribution in [3.8, 4) is 0 Å². The highest BCUT2D eigenvalue weighted by molar-refractivity contribution is 5.99. The quantitative estimate of drug-likeness (QED) is 0.678. The first-order valence-corrected chi connectivity index (χ1v) is 7.42. The Morgan fingerprint density at radius 2 is 1.64 bits per heavy atom. The number of hydrogen-bond acceptors (Lipinski definition) is 2. The Hall–Kier alpha value is -2.42. The van der Waals surface area contributed by atoms with Crippen LogP contribution in [0.5, 0.6) is 0 Å². The van der Waals surface area contributed by atoms with Crippen molar-refractivity contribution in [2.75, 3.05) is 0 Å². The monoisotopic (exact) mass is 294 g/mol. The van der Waals surface area contributed by atoms with Crippen LogP contribution in [0.15, 0.2) is 47.6 Å². The molecule has 0 bridgehead atoms. The number of rotatable bonds is 4. The van der Waals surface area contributed by atoms with Gasteiger partial charge in [-0.05, 0) is 44.4 Å². The van der Waals surface area contributed by atoms with Crippen LogP contribution in [0.3, 0.4) is 0 Å². The molecule has 0 heterocycles. The molecule has 0 saturated carbocycles. The minimum atomic E-state index is -0.0987. The maximum Gasteiger partial charge on any atom is 0.244 e. The van der Waals surface area contributed by atoms with Gasteiger partial charge in [-0.2, -0.15) is 5.10 Å². The normalized spacial score (nSPS) is 11.4. The van der Waals surface area contributed by atoms with E-state index < -0.39 is 0 Å². The van der Waals surface area contributed by atoms with Gasteiger partial charge in [0, 0.05) is 0 Å². The second-order valence-corrected chi connectivity index (χ2v) is 5.70. The fourth-order valence-corrected chi connectivity index (χ4v) is 2.26. The molecule has 0 radical (unpaired) electrons. The van der Waals surface area contributed by atoms with Crippen molar-refractivity contribution >= 4 is 11.6 Å². The first-order chi connectivity index (χ1) is 10.5. The van der Waals surface area contributed by atoms with Crippen molar-refractivity contribution < 1.29 is 4.79 Å². The Bertz CT molecular complexity index is 700. The van der Waals surface area contributed by atoms with E-state index in [1.54, 1.807) is 0 Å². The summed E-state index contributed by atoms with van der Waals surface area (Å²) in [5, 5.41) is 4.18. The molecule has 2 rings (SSSR count). The summed E-state index contributed by atoms with van der Waals surface area (Å²) in [5.74, 6) is -0.0987. The molecule has 0 unspecified atom stereocenters. The summed E-state index contributed by atoms with van der Waals surface area (Å²) in [5.41, 5.74) is 9.02. The maximum atomic E-state index is 12.0. The molecule has 2 aromatic carbocycles. The SMILES string of the molecule is C/C(=N\NC(=O)Cc1ccc(C)cc1C)c1ccc(C)cc1. The molecule has 1 amide bonds. The third-order valence-corrected chi connectivity index (χ3v) is 3.67. The van der Waals surface area contributed by atoms with Gasteiger partial charge in [0.1, 0.15) is 0 Å². The molecular formula is C19H22N2O. The van der Waals surface area contributed by atoms with Crippen LogP contribution < -0.4 is 5.43 Å². The highest BCUT2D eigenvalue weighted by Gasteiger charge is 2.06. The molecule has 114 valence electrons. The number of hydrogen-bond donors (Lipinski definition) is 1. The Morgan fingerprint density at radius 3 is 2.27 bits per heavy atom. The second-order valence-electron chi connectivity index (χ2n) is 5.70. The zero-order valence-electron chi connectivity index (χ0n) is 13.6. The lowest BCUT2D eigenvalue weighted by Gasteiger charge is -2.07. The first kappa shape index (κ1) is 16.0. The van der Waals surface area contributed by atoms with E-state index in [0.717, 1.165) is 22.4 Å². The zero-order valence-corrected chi connectivity index (χ0v) is 13.6. The predicted molar refractivity (Wildman–Crippen MR) is 91.2 cm³/mol. The lowest BCUT2D eigenvalue weighted by molar-refractivity contribution is -0.120. The molecule has 0 aliphatic carbocycles. The highest BCUT2D eigenvalue weighted by Crippen LogP contribution is 2.11. The average Bonchev–Trinajstić information content (AvgIpc) is 2.48. The van der Waals surface area contributed by atoms with Gasteiger partial charge < -0.3 is 0 Å². The lowest BCUT2D eigenvalue weighted by Crippen LogP contribution is -2.21. The van der Waals surface area contributed by atoms with Crippen molar-refractivity contribution in [2.24, 2.45) is 5.10 Å². The molecule has 2 aromatic rings. The standard InChI is InChI=1S/C19H22N2O/c1-13-5-8-17(9-6-13)16(4)20-21-19(22)12-18-10-7-14(2)11-15(18)3/h5-11H,12H2,1-4H3,(H,21,22)/b20-16+. The number of carbonyl (C=O) groups is 1. The molecule has 0 atom stereocenters. The number of aryl methyl sites for hydroxylation is 3. The number of amides is 1. The Balaban J connectivity index is 1.99. The Labute approximate surface area is 132 Å². The summed E-state index contributed by atoms with van der Waals surface area (Å²) in [6, 6.07) is 14.2. The number of nitrogens with one attached hydrogen (secondary N) is 1. The molecule has 3 nitrogen and oxygen atoms in total. The van der Waals surface area contributed by atoms with Crippen LogP contribution in [0.2, 0.25) is 0 Å². The van der Waals surface area contributed by atoms with Crippen molar-refractivity contribution in [1.29, 1.82) is 0 Å². The highest BCUT2D eigenvalue weighted by atomic mass is 16.2. The summed E-state index contributed by atoms with van der Waals surface area (Å²) in [7, 11) is 0.